The second-order valence-corrected chi connectivity index (χ2v) is 5.72. The summed E-state index contributed by atoms with van der Waals surface area (Å²) in [5, 5.41) is 11.6. The van der Waals surface area contributed by atoms with Gasteiger partial charge in [0.1, 0.15) is 5.69 Å². The molecule has 0 fully saturated rings. The first-order valence-corrected chi connectivity index (χ1v) is 7.42. The van der Waals surface area contributed by atoms with Gasteiger partial charge in [-0.05, 0) is 23.4 Å². The Balaban J connectivity index is 2.24. The van der Waals surface area contributed by atoms with Crippen molar-refractivity contribution < 1.29 is 13.2 Å². The zero-order chi connectivity index (χ0) is 19.2. The SMILES string of the molecule is Cn1nnc(-c2cc(-n3c(=O)cc(C(F)(F)F)n(C)c3=O)ccc2Cl)n1. The molecule has 3 aromatic rings. The summed E-state index contributed by atoms with van der Waals surface area (Å²) in [7, 11) is 2.46. The summed E-state index contributed by atoms with van der Waals surface area (Å²) in [6.45, 7) is 0. The highest BCUT2D eigenvalue weighted by Crippen LogP contribution is 2.28. The van der Waals surface area contributed by atoms with Gasteiger partial charge < -0.3 is 0 Å². The van der Waals surface area contributed by atoms with Crippen LogP contribution in [0.1, 0.15) is 5.69 Å². The van der Waals surface area contributed by atoms with Crippen LogP contribution in [0.15, 0.2) is 33.9 Å². The molecular weight excluding hydrogens is 377 g/mol. The monoisotopic (exact) mass is 386 g/mol. The van der Waals surface area contributed by atoms with Gasteiger partial charge in [-0.25, -0.2) is 9.36 Å². The molecule has 2 aromatic heterocycles. The van der Waals surface area contributed by atoms with Crippen molar-refractivity contribution in [2.24, 2.45) is 14.1 Å². The Morgan fingerprint density at radius 2 is 1.81 bits per heavy atom. The predicted octanol–water partition coefficient (Wildman–Crippen LogP) is 1.40. The van der Waals surface area contributed by atoms with Gasteiger partial charge in [0.25, 0.3) is 5.56 Å². The largest absolute Gasteiger partial charge is 0.431 e. The molecule has 0 radical (unpaired) electrons. The number of aromatic nitrogens is 6. The lowest BCUT2D eigenvalue weighted by molar-refractivity contribution is -0.144. The smallest absolute Gasteiger partial charge is 0.292 e. The summed E-state index contributed by atoms with van der Waals surface area (Å²) in [5.74, 6) is 0.135. The van der Waals surface area contributed by atoms with Crippen LogP contribution in [0.4, 0.5) is 13.2 Å². The van der Waals surface area contributed by atoms with Gasteiger partial charge in [0.05, 0.1) is 17.8 Å². The van der Waals surface area contributed by atoms with Crippen LogP contribution < -0.4 is 11.2 Å². The first kappa shape index (κ1) is 17.9. The lowest BCUT2D eigenvalue weighted by atomic mass is 10.2. The molecule has 0 aliphatic heterocycles. The van der Waals surface area contributed by atoms with E-state index in [9.17, 15) is 22.8 Å². The topological polar surface area (TPSA) is 87.6 Å². The number of halogens is 4. The second kappa shape index (κ2) is 6.09. The third kappa shape index (κ3) is 3.01. The van der Waals surface area contributed by atoms with Gasteiger partial charge in [0.2, 0.25) is 5.82 Å². The van der Waals surface area contributed by atoms with Gasteiger partial charge in [-0.15, -0.1) is 10.2 Å². The van der Waals surface area contributed by atoms with Gasteiger partial charge in [-0.1, -0.05) is 11.6 Å². The molecule has 0 bridgehead atoms. The van der Waals surface area contributed by atoms with Crippen molar-refractivity contribution in [3.8, 4) is 17.1 Å². The van der Waals surface area contributed by atoms with E-state index in [0.717, 1.165) is 7.05 Å². The van der Waals surface area contributed by atoms with Crippen LogP contribution in [0.25, 0.3) is 17.1 Å². The van der Waals surface area contributed by atoms with Crippen molar-refractivity contribution in [3.63, 3.8) is 0 Å². The average molecular weight is 387 g/mol. The third-order valence-corrected chi connectivity index (χ3v) is 3.90. The van der Waals surface area contributed by atoms with Crippen LogP contribution in [0.3, 0.4) is 0 Å². The van der Waals surface area contributed by atoms with Crippen LogP contribution in [0.5, 0.6) is 0 Å². The van der Waals surface area contributed by atoms with E-state index >= 15 is 0 Å². The molecule has 0 amide bonds. The third-order valence-electron chi connectivity index (χ3n) is 3.57. The molecule has 0 aliphatic rings. The molecule has 0 N–H and O–H groups in total. The van der Waals surface area contributed by atoms with Gasteiger partial charge in [0, 0.05) is 18.7 Å². The van der Waals surface area contributed by atoms with Crippen molar-refractivity contribution in [2.45, 2.75) is 6.18 Å². The molecule has 136 valence electrons. The number of hydrogen-bond donors (Lipinski definition) is 0. The molecule has 26 heavy (non-hydrogen) atoms. The van der Waals surface area contributed by atoms with E-state index in [2.05, 4.69) is 15.4 Å². The quantitative estimate of drug-likeness (QED) is 0.664. The fraction of sp³-hybridized carbons (Fsp3) is 0.214. The molecule has 0 spiro atoms. The van der Waals surface area contributed by atoms with Crippen molar-refractivity contribution in [1.82, 2.24) is 29.3 Å². The molecule has 0 aliphatic carbocycles. The number of alkyl halides is 3. The van der Waals surface area contributed by atoms with Crippen molar-refractivity contribution in [2.75, 3.05) is 0 Å². The number of aryl methyl sites for hydroxylation is 1. The maximum absolute atomic E-state index is 12.9. The first-order valence-electron chi connectivity index (χ1n) is 7.04. The molecule has 8 nitrogen and oxygen atoms in total. The van der Waals surface area contributed by atoms with E-state index in [-0.39, 0.29) is 22.1 Å². The van der Waals surface area contributed by atoms with Gasteiger partial charge in [-0.2, -0.15) is 18.0 Å². The summed E-state index contributed by atoms with van der Waals surface area (Å²) < 4.78 is 39.8. The van der Waals surface area contributed by atoms with Crippen LogP contribution in [-0.4, -0.2) is 29.3 Å². The van der Waals surface area contributed by atoms with Crippen molar-refractivity contribution >= 4 is 11.6 Å². The molecule has 0 saturated carbocycles. The van der Waals surface area contributed by atoms with E-state index < -0.39 is 23.1 Å². The zero-order valence-electron chi connectivity index (χ0n) is 13.3. The average Bonchev–Trinajstić information content (AvgIpc) is 2.97. The highest BCUT2D eigenvalue weighted by Gasteiger charge is 2.35. The Labute approximate surface area is 148 Å². The van der Waals surface area contributed by atoms with Crippen LogP contribution in [0.2, 0.25) is 5.02 Å². The molecule has 0 saturated heterocycles. The first-order chi connectivity index (χ1) is 12.1. The molecule has 1 aromatic carbocycles. The van der Waals surface area contributed by atoms with Crippen molar-refractivity contribution in [1.29, 1.82) is 0 Å². The van der Waals surface area contributed by atoms with E-state index in [1.54, 1.807) is 0 Å². The molecule has 3 rings (SSSR count). The molecular formula is C14H10ClF3N6O2. The minimum atomic E-state index is -4.83. The molecule has 2 heterocycles. The Hall–Kier alpha value is -2.95. The number of benzene rings is 1. The lowest BCUT2D eigenvalue weighted by Gasteiger charge is -2.14. The van der Waals surface area contributed by atoms with E-state index in [4.69, 9.17) is 11.6 Å². The molecule has 12 heteroatoms. The summed E-state index contributed by atoms with van der Waals surface area (Å²) in [4.78, 5) is 25.7. The fourth-order valence-electron chi connectivity index (χ4n) is 2.35. The number of rotatable bonds is 2. The maximum Gasteiger partial charge on any atom is 0.431 e. The van der Waals surface area contributed by atoms with Gasteiger partial charge in [0.15, 0.2) is 0 Å². The van der Waals surface area contributed by atoms with Crippen LogP contribution in [0, 0.1) is 0 Å². The van der Waals surface area contributed by atoms with Crippen LogP contribution in [-0.2, 0) is 20.3 Å². The van der Waals surface area contributed by atoms with Gasteiger partial charge >= 0.3 is 11.9 Å². The predicted molar refractivity (Wildman–Crippen MR) is 85.1 cm³/mol. The van der Waals surface area contributed by atoms with Crippen LogP contribution >= 0.6 is 11.6 Å². The zero-order valence-corrected chi connectivity index (χ0v) is 14.1. The lowest BCUT2D eigenvalue weighted by Crippen LogP contribution is -2.40. The van der Waals surface area contributed by atoms with Crippen molar-refractivity contribution in [3.05, 3.63) is 55.8 Å². The standard InChI is InChI=1S/C14H10ClF3N6O2/c1-22-10(14(16,17)18)6-11(25)24(13(22)26)7-3-4-9(15)8(5-7)12-19-21-23(2)20-12/h3-6H,1-2H3. The maximum atomic E-state index is 12.9. The normalized spacial score (nSPS) is 11.8. The summed E-state index contributed by atoms with van der Waals surface area (Å²) in [6, 6.07) is 4.40. The number of nitrogens with zero attached hydrogens (tertiary/aromatic N) is 6. The van der Waals surface area contributed by atoms with E-state index in [1.807, 2.05) is 0 Å². The minimum Gasteiger partial charge on any atom is -0.292 e. The summed E-state index contributed by atoms with van der Waals surface area (Å²) in [5.41, 5.74) is -3.32. The summed E-state index contributed by atoms with van der Waals surface area (Å²) in [6.07, 6.45) is -4.83. The number of tetrazole rings is 1. The van der Waals surface area contributed by atoms with E-state index in [1.165, 1.54) is 30.0 Å². The highest BCUT2D eigenvalue weighted by atomic mass is 35.5. The fourth-order valence-corrected chi connectivity index (χ4v) is 2.55. The summed E-state index contributed by atoms with van der Waals surface area (Å²) >= 11 is 6.09. The Bertz CT molecular complexity index is 1120. The molecule has 0 atom stereocenters. The highest BCUT2D eigenvalue weighted by molar-refractivity contribution is 6.33. The van der Waals surface area contributed by atoms with Gasteiger partial charge in [-0.3, -0.25) is 9.36 Å². The number of hydrogen-bond acceptors (Lipinski definition) is 5. The minimum absolute atomic E-state index is 0.0242. The second-order valence-electron chi connectivity index (χ2n) is 5.31. The Morgan fingerprint density at radius 3 is 2.38 bits per heavy atom. The van der Waals surface area contributed by atoms with E-state index in [0.29, 0.717) is 15.2 Å². The Kier molecular flexibility index (Phi) is 4.18. The Morgan fingerprint density at radius 1 is 1.12 bits per heavy atom. The molecule has 0 unspecified atom stereocenters.